The first-order valence-electron chi connectivity index (χ1n) is 6.56. The Kier molecular flexibility index (Phi) is 3.54. The van der Waals surface area contributed by atoms with Crippen molar-refractivity contribution in [3.05, 3.63) is 36.0 Å². The molecule has 0 spiro atoms. The molecular weight excluding hydrogens is 250 g/mol. The Balaban J connectivity index is 2.20. The largest absolute Gasteiger partial charge is 0.382 e. The molecule has 1 aromatic carbocycles. The van der Waals surface area contributed by atoms with Crippen molar-refractivity contribution in [2.45, 2.75) is 13.8 Å². The first kappa shape index (κ1) is 14.1. The van der Waals surface area contributed by atoms with Crippen molar-refractivity contribution in [3.8, 4) is 6.07 Å². The fourth-order valence-electron chi connectivity index (χ4n) is 2.26. The molecule has 4 nitrogen and oxygen atoms in total. The maximum atomic E-state index is 12.0. The van der Waals surface area contributed by atoms with Crippen LogP contribution < -0.4 is 4.90 Å². The summed E-state index contributed by atoms with van der Waals surface area (Å²) in [7, 11) is 3.76. The molecule has 2 rings (SSSR count). The van der Waals surface area contributed by atoms with Gasteiger partial charge in [-0.3, -0.25) is 4.79 Å². The number of anilines is 1. The number of nitriles is 1. The van der Waals surface area contributed by atoms with Crippen molar-refractivity contribution in [1.82, 2.24) is 4.90 Å². The lowest BCUT2D eigenvalue weighted by Crippen LogP contribution is -2.58. The van der Waals surface area contributed by atoms with Crippen LogP contribution in [-0.4, -0.2) is 31.4 Å². The number of rotatable bonds is 3. The van der Waals surface area contributed by atoms with Crippen LogP contribution in [0, 0.1) is 16.7 Å². The summed E-state index contributed by atoms with van der Waals surface area (Å²) in [5.74, 6) is 0.148. The van der Waals surface area contributed by atoms with Crippen LogP contribution in [-0.2, 0) is 4.79 Å². The lowest BCUT2D eigenvalue weighted by Gasteiger charge is -2.44. The summed E-state index contributed by atoms with van der Waals surface area (Å²) in [6.45, 7) is 4.64. The Morgan fingerprint density at radius 3 is 2.35 bits per heavy atom. The minimum Gasteiger partial charge on any atom is -0.382 e. The van der Waals surface area contributed by atoms with E-state index in [1.165, 1.54) is 0 Å². The molecule has 1 fully saturated rings. The summed E-state index contributed by atoms with van der Waals surface area (Å²) >= 11 is 0. The fourth-order valence-corrected chi connectivity index (χ4v) is 2.26. The minimum absolute atomic E-state index is 0.148. The third-order valence-electron chi connectivity index (χ3n) is 3.38. The van der Waals surface area contributed by atoms with Crippen molar-refractivity contribution in [2.24, 2.45) is 5.41 Å². The number of benzene rings is 1. The van der Waals surface area contributed by atoms with Crippen LogP contribution in [0.4, 0.5) is 5.69 Å². The molecule has 1 heterocycles. The summed E-state index contributed by atoms with van der Waals surface area (Å²) in [4.78, 5) is 15.6. The Labute approximate surface area is 119 Å². The molecule has 20 heavy (non-hydrogen) atoms. The van der Waals surface area contributed by atoms with Gasteiger partial charge in [-0.2, -0.15) is 5.26 Å². The maximum Gasteiger partial charge on any atom is 0.234 e. The Bertz CT molecular complexity index is 591. The van der Waals surface area contributed by atoms with E-state index in [9.17, 15) is 4.79 Å². The average Bonchev–Trinajstić information content (AvgIpc) is 2.42. The molecule has 0 radical (unpaired) electrons. The number of allylic oxidation sites excluding steroid dienone is 1. The molecule has 1 amide bonds. The summed E-state index contributed by atoms with van der Waals surface area (Å²) in [5.41, 5.74) is 2.11. The molecule has 1 aliphatic heterocycles. The van der Waals surface area contributed by atoms with Gasteiger partial charge in [0.05, 0.1) is 11.0 Å². The number of amides is 1. The molecule has 1 aliphatic rings. The van der Waals surface area contributed by atoms with Gasteiger partial charge in [0.1, 0.15) is 6.07 Å². The molecule has 0 N–H and O–H groups in total. The molecule has 4 heteroatoms. The average molecular weight is 269 g/mol. The highest BCUT2D eigenvalue weighted by Crippen LogP contribution is 2.35. The van der Waals surface area contributed by atoms with Gasteiger partial charge in [0.25, 0.3) is 0 Å². The van der Waals surface area contributed by atoms with Gasteiger partial charge in [-0.15, -0.1) is 0 Å². The van der Waals surface area contributed by atoms with E-state index in [1.54, 1.807) is 11.1 Å². The van der Waals surface area contributed by atoms with Crippen LogP contribution in [0.3, 0.4) is 0 Å². The molecule has 104 valence electrons. The van der Waals surface area contributed by atoms with Crippen LogP contribution in [0.2, 0.25) is 0 Å². The lowest BCUT2D eigenvalue weighted by molar-refractivity contribution is -0.132. The molecule has 0 bridgehead atoms. The van der Waals surface area contributed by atoms with Crippen molar-refractivity contribution < 1.29 is 4.79 Å². The van der Waals surface area contributed by atoms with Crippen LogP contribution in [0.5, 0.6) is 0 Å². The van der Waals surface area contributed by atoms with Crippen LogP contribution in [0.25, 0.3) is 5.57 Å². The first-order chi connectivity index (χ1) is 9.35. The first-order valence-corrected chi connectivity index (χ1v) is 6.56. The second-order valence-corrected chi connectivity index (χ2v) is 5.94. The number of nitrogens with zero attached hydrogens (tertiary/aromatic N) is 3. The normalized spacial score (nSPS) is 17.4. The molecule has 1 saturated heterocycles. The van der Waals surface area contributed by atoms with E-state index in [-0.39, 0.29) is 11.3 Å². The standard InChI is InChI=1S/C16H19N3O/c1-16(2)11-19(15(16)20)14-7-5-12(6-8-14)13(9-17)10-18(3)4/h5-8,10H,11H2,1-4H3/b13-10+. The molecule has 0 saturated carbocycles. The second kappa shape index (κ2) is 5.01. The van der Waals surface area contributed by atoms with Gasteiger partial charge in [0.15, 0.2) is 0 Å². The lowest BCUT2D eigenvalue weighted by atomic mass is 9.82. The predicted octanol–water partition coefficient (Wildman–Crippen LogP) is 2.49. The van der Waals surface area contributed by atoms with E-state index in [0.29, 0.717) is 5.57 Å². The van der Waals surface area contributed by atoms with Gasteiger partial charge in [0, 0.05) is 32.5 Å². The zero-order chi connectivity index (χ0) is 14.9. The highest BCUT2D eigenvalue weighted by atomic mass is 16.2. The smallest absolute Gasteiger partial charge is 0.234 e. The zero-order valence-corrected chi connectivity index (χ0v) is 12.3. The number of β-lactam (4-membered cyclic amide) rings is 1. The van der Waals surface area contributed by atoms with E-state index >= 15 is 0 Å². The molecular formula is C16H19N3O. The SMILES string of the molecule is CN(C)/C=C(\C#N)c1ccc(N2CC(C)(C)C2=O)cc1. The van der Waals surface area contributed by atoms with Crippen molar-refractivity contribution in [1.29, 1.82) is 5.26 Å². The summed E-state index contributed by atoms with van der Waals surface area (Å²) in [6, 6.07) is 9.73. The summed E-state index contributed by atoms with van der Waals surface area (Å²) in [5, 5.41) is 9.17. The van der Waals surface area contributed by atoms with Gasteiger partial charge in [-0.1, -0.05) is 12.1 Å². The second-order valence-electron chi connectivity index (χ2n) is 5.94. The maximum absolute atomic E-state index is 12.0. The summed E-state index contributed by atoms with van der Waals surface area (Å²) < 4.78 is 0. The Morgan fingerprint density at radius 1 is 1.35 bits per heavy atom. The molecule has 0 aromatic heterocycles. The zero-order valence-electron chi connectivity index (χ0n) is 12.3. The van der Waals surface area contributed by atoms with E-state index < -0.39 is 0 Å². The minimum atomic E-state index is -0.249. The van der Waals surface area contributed by atoms with Gasteiger partial charge in [0.2, 0.25) is 5.91 Å². The van der Waals surface area contributed by atoms with Crippen molar-refractivity contribution in [2.75, 3.05) is 25.5 Å². The predicted molar refractivity (Wildman–Crippen MR) is 79.9 cm³/mol. The fraction of sp³-hybridized carbons (Fsp3) is 0.375. The quantitative estimate of drug-likeness (QED) is 0.625. The topological polar surface area (TPSA) is 47.3 Å². The number of hydrogen-bond donors (Lipinski definition) is 0. The highest BCUT2D eigenvalue weighted by Gasteiger charge is 2.44. The number of hydrogen-bond acceptors (Lipinski definition) is 3. The highest BCUT2D eigenvalue weighted by molar-refractivity contribution is 6.04. The van der Waals surface area contributed by atoms with Crippen molar-refractivity contribution >= 4 is 17.2 Å². The molecule has 0 unspecified atom stereocenters. The van der Waals surface area contributed by atoms with E-state index in [2.05, 4.69) is 6.07 Å². The van der Waals surface area contributed by atoms with Crippen LogP contribution in [0.15, 0.2) is 30.5 Å². The third kappa shape index (κ3) is 2.53. The van der Waals surface area contributed by atoms with E-state index in [0.717, 1.165) is 17.8 Å². The number of carbonyl (C=O) groups excluding carboxylic acids is 1. The van der Waals surface area contributed by atoms with Gasteiger partial charge in [-0.25, -0.2) is 0 Å². The van der Waals surface area contributed by atoms with Crippen LogP contribution in [0.1, 0.15) is 19.4 Å². The van der Waals surface area contributed by atoms with Gasteiger partial charge < -0.3 is 9.80 Å². The number of carbonyl (C=O) groups is 1. The van der Waals surface area contributed by atoms with Gasteiger partial charge in [-0.05, 0) is 31.5 Å². The van der Waals surface area contributed by atoms with Crippen LogP contribution >= 0.6 is 0 Å². The van der Waals surface area contributed by atoms with E-state index in [4.69, 9.17) is 5.26 Å². The third-order valence-corrected chi connectivity index (χ3v) is 3.38. The van der Waals surface area contributed by atoms with Gasteiger partial charge >= 0.3 is 0 Å². The molecule has 0 atom stereocenters. The Hall–Kier alpha value is -2.28. The molecule has 0 aliphatic carbocycles. The van der Waals surface area contributed by atoms with Crippen molar-refractivity contribution in [3.63, 3.8) is 0 Å². The Morgan fingerprint density at radius 2 is 1.95 bits per heavy atom. The summed E-state index contributed by atoms with van der Waals surface area (Å²) in [6.07, 6.45) is 1.78. The monoisotopic (exact) mass is 269 g/mol. The molecule has 1 aromatic rings. The van der Waals surface area contributed by atoms with E-state index in [1.807, 2.05) is 57.1 Å².